The second kappa shape index (κ2) is 7.68. The summed E-state index contributed by atoms with van der Waals surface area (Å²) >= 11 is 12.6. The van der Waals surface area contributed by atoms with E-state index in [1.165, 1.54) is 0 Å². The SMILES string of the molecule is NC(=O)COc1cc(Cl)c(Cc2ccc(O)c(-c3ccn[nH]3)c2)c(Cl)c1. The number of phenolic OH excluding ortho intramolecular Hbond substituents is 1. The number of benzene rings is 2. The number of ether oxygens (including phenoxy) is 1. The molecule has 1 heterocycles. The molecule has 0 bridgehead atoms. The van der Waals surface area contributed by atoms with E-state index in [2.05, 4.69) is 10.2 Å². The second-order valence-electron chi connectivity index (χ2n) is 5.62. The monoisotopic (exact) mass is 391 g/mol. The molecule has 1 amide bonds. The highest BCUT2D eigenvalue weighted by atomic mass is 35.5. The molecule has 3 aromatic rings. The Hall–Kier alpha value is -2.70. The van der Waals surface area contributed by atoms with Crippen LogP contribution in [0.3, 0.4) is 0 Å². The quantitative estimate of drug-likeness (QED) is 0.597. The maximum atomic E-state index is 10.8. The van der Waals surface area contributed by atoms with Crippen molar-refractivity contribution in [1.29, 1.82) is 0 Å². The molecule has 26 heavy (non-hydrogen) atoms. The van der Waals surface area contributed by atoms with Crippen LogP contribution in [0.15, 0.2) is 42.6 Å². The fourth-order valence-corrected chi connectivity index (χ4v) is 3.11. The molecule has 134 valence electrons. The number of carbonyl (C=O) groups excluding carboxylic acids is 1. The number of H-pyrrole nitrogens is 1. The van der Waals surface area contributed by atoms with E-state index >= 15 is 0 Å². The van der Waals surface area contributed by atoms with Gasteiger partial charge in [0.1, 0.15) is 11.5 Å². The van der Waals surface area contributed by atoms with Crippen molar-refractivity contribution in [2.45, 2.75) is 6.42 Å². The van der Waals surface area contributed by atoms with Crippen molar-refractivity contribution in [3.8, 4) is 22.8 Å². The minimum Gasteiger partial charge on any atom is -0.507 e. The maximum absolute atomic E-state index is 10.8. The van der Waals surface area contributed by atoms with Gasteiger partial charge in [-0.05, 0) is 41.5 Å². The van der Waals surface area contributed by atoms with Gasteiger partial charge in [-0.25, -0.2) is 0 Å². The van der Waals surface area contributed by atoms with E-state index in [1.54, 1.807) is 36.5 Å². The summed E-state index contributed by atoms with van der Waals surface area (Å²) in [4.78, 5) is 10.8. The van der Waals surface area contributed by atoms with Gasteiger partial charge in [0.2, 0.25) is 0 Å². The Bertz CT molecular complexity index is 920. The standard InChI is InChI=1S/C18H15Cl2N3O3/c19-14-7-11(26-9-18(21)25)8-15(20)12(14)5-10-1-2-17(24)13(6-10)16-3-4-22-23-16/h1-4,6-8,24H,5,9H2,(H2,21,25)(H,22,23). The summed E-state index contributed by atoms with van der Waals surface area (Å²) in [5.41, 5.74) is 8.01. The summed E-state index contributed by atoms with van der Waals surface area (Å²) in [7, 11) is 0. The first-order chi connectivity index (χ1) is 12.4. The number of rotatable bonds is 6. The maximum Gasteiger partial charge on any atom is 0.255 e. The number of phenols is 1. The van der Waals surface area contributed by atoms with E-state index in [9.17, 15) is 9.90 Å². The average Bonchev–Trinajstić information content (AvgIpc) is 3.12. The topological polar surface area (TPSA) is 101 Å². The molecule has 8 heteroatoms. The zero-order valence-electron chi connectivity index (χ0n) is 13.5. The van der Waals surface area contributed by atoms with Crippen molar-refractivity contribution in [3.05, 3.63) is 63.8 Å². The Labute approximate surface area is 159 Å². The minimum atomic E-state index is -0.586. The first-order valence-corrected chi connectivity index (χ1v) is 8.40. The van der Waals surface area contributed by atoms with Gasteiger partial charge in [-0.2, -0.15) is 5.10 Å². The molecule has 0 saturated heterocycles. The van der Waals surface area contributed by atoms with E-state index in [1.807, 2.05) is 6.07 Å². The smallest absolute Gasteiger partial charge is 0.255 e. The van der Waals surface area contributed by atoms with Crippen LogP contribution < -0.4 is 10.5 Å². The highest BCUT2D eigenvalue weighted by Crippen LogP contribution is 2.34. The van der Waals surface area contributed by atoms with Crippen molar-refractivity contribution < 1.29 is 14.6 Å². The molecule has 1 aromatic heterocycles. The summed E-state index contributed by atoms with van der Waals surface area (Å²) in [5, 5.41) is 17.6. The van der Waals surface area contributed by atoms with Crippen LogP contribution in [0.1, 0.15) is 11.1 Å². The lowest BCUT2D eigenvalue weighted by Gasteiger charge is -2.12. The number of primary amides is 1. The number of nitrogens with zero attached hydrogens (tertiary/aromatic N) is 1. The van der Waals surface area contributed by atoms with Gasteiger partial charge in [-0.15, -0.1) is 0 Å². The predicted molar refractivity (Wildman–Crippen MR) is 99.6 cm³/mol. The van der Waals surface area contributed by atoms with Crippen LogP contribution in [-0.2, 0) is 11.2 Å². The Balaban J connectivity index is 1.87. The Morgan fingerprint density at radius 1 is 1.19 bits per heavy atom. The van der Waals surface area contributed by atoms with Gasteiger partial charge in [0, 0.05) is 28.2 Å². The van der Waals surface area contributed by atoms with Crippen LogP contribution in [0.25, 0.3) is 11.3 Å². The molecule has 0 radical (unpaired) electrons. The van der Waals surface area contributed by atoms with Crippen LogP contribution in [0.2, 0.25) is 10.0 Å². The molecule has 0 spiro atoms. The third-order valence-corrected chi connectivity index (χ3v) is 4.40. The van der Waals surface area contributed by atoms with Gasteiger partial charge in [-0.1, -0.05) is 29.3 Å². The van der Waals surface area contributed by atoms with Crippen molar-refractivity contribution in [3.63, 3.8) is 0 Å². The van der Waals surface area contributed by atoms with Gasteiger partial charge in [-0.3, -0.25) is 9.89 Å². The van der Waals surface area contributed by atoms with E-state index in [4.69, 9.17) is 33.7 Å². The summed E-state index contributed by atoms with van der Waals surface area (Å²) in [5.74, 6) is -0.0754. The minimum absolute atomic E-state index is 0.144. The molecule has 0 saturated carbocycles. The number of nitrogens with one attached hydrogen (secondary N) is 1. The van der Waals surface area contributed by atoms with Crippen molar-refractivity contribution >= 4 is 29.1 Å². The molecular formula is C18H15Cl2N3O3. The van der Waals surface area contributed by atoms with Crippen LogP contribution in [0.4, 0.5) is 0 Å². The summed E-state index contributed by atoms with van der Waals surface area (Å²) in [6.45, 7) is -0.252. The predicted octanol–water partition coefficient (Wildman–Crippen LogP) is 3.54. The number of amides is 1. The first-order valence-electron chi connectivity index (χ1n) is 7.64. The third-order valence-electron chi connectivity index (χ3n) is 3.73. The van der Waals surface area contributed by atoms with E-state index in [-0.39, 0.29) is 12.4 Å². The number of carbonyl (C=O) groups is 1. The summed E-state index contributed by atoms with van der Waals surface area (Å²) in [6, 6.07) is 10.2. The Kier molecular flexibility index (Phi) is 5.35. The number of hydrogen-bond donors (Lipinski definition) is 3. The number of aromatic amines is 1. The van der Waals surface area contributed by atoms with Crippen LogP contribution in [0.5, 0.6) is 11.5 Å². The zero-order chi connectivity index (χ0) is 18.7. The molecule has 0 fully saturated rings. The van der Waals surface area contributed by atoms with E-state index < -0.39 is 5.91 Å². The summed E-state index contributed by atoms with van der Waals surface area (Å²) < 4.78 is 5.23. The van der Waals surface area contributed by atoms with E-state index in [0.29, 0.717) is 39.0 Å². The highest BCUT2D eigenvalue weighted by molar-refractivity contribution is 6.36. The van der Waals surface area contributed by atoms with E-state index in [0.717, 1.165) is 5.56 Å². The molecule has 3 rings (SSSR count). The number of nitrogens with two attached hydrogens (primary N) is 1. The lowest BCUT2D eigenvalue weighted by Crippen LogP contribution is -2.20. The molecule has 4 N–H and O–H groups in total. The zero-order valence-corrected chi connectivity index (χ0v) is 15.0. The lowest BCUT2D eigenvalue weighted by molar-refractivity contribution is -0.119. The van der Waals surface area contributed by atoms with Gasteiger partial charge < -0.3 is 15.6 Å². The molecule has 0 aliphatic heterocycles. The van der Waals surface area contributed by atoms with Crippen LogP contribution >= 0.6 is 23.2 Å². The number of hydrogen-bond acceptors (Lipinski definition) is 4. The molecule has 0 aliphatic rings. The number of aromatic hydroxyl groups is 1. The molecule has 0 unspecified atom stereocenters. The van der Waals surface area contributed by atoms with Crippen molar-refractivity contribution in [1.82, 2.24) is 10.2 Å². The summed E-state index contributed by atoms with van der Waals surface area (Å²) in [6.07, 6.45) is 2.06. The Morgan fingerprint density at radius 3 is 2.54 bits per heavy atom. The highest BCUT2D eigenvalue weighted by Gasteiger charge is 2.13. The normalized spacial score (nSPS) is 10.7. The fraction of sp³-hybridized carbons (Fsp3) is 0.111. The average molecular weight is 392 g/mol. The molecule has 6 nitrogen and oxygen atoms in total. The largest absolute Gasteiger partial charge is 0.507 e. The molecule has 0 atom stereocenters. The number of aromatic nitrogens is 2. The molecular weight excluding hydrogens is 377 g/mol. The van der Waals surface area contributed by atoms with Gasteiger partial charge in [0.25, 0.3) is 5.91 Å². The number of halogens is 2. The third kappa shape index (κ3) is 4.09. The molecule has 2 aromatic carbocycles. The van der Waals surface area contributed by atoms with Gasteiger partial charge >= 0.3 is 0 Å². The molecule has 0 aliphatic carbocycles. The second-order valence-corrected chi connectivity index (χ2v) is 6.43. The lowest BCUT2D eigenvalue weighted by atomic mass is 10.0. The first kappa shape index (κ1) is 18.1. The van der Waals surface area contributed by atoms with Crippen LogP contribution in [0, 0.1) is 0 Å². The Morgan fingerprint density at radius 2 is 1.92 bits per heavy atom. The fourth-order valence-electron chi connectivity index (χ4n) is 2.51. The van der Waals surface area contributed by atoms with Crippen molar-refractivity contribution in [2.24, 2.45) is 5.73 Å². The van der Waals surface area contributed by atoms with Gasteiger partial charge in [0.15, 0.2) is 6.61 Å². The van der Waals surface area contributed by atoms with Gasteiger partial charge in [0.05, 0.1) is 5.69 Å². The van der Waals surface area contributed by atoms with Crippen LogP contribution in [-0.4, -0.2) is 27.8 Å². The van der Waals surface area contributed by atoms with Crippen molar-refractivity contribution in [2.75, 3.05) is 6.61 Å².